The minimum absolute atomic E-state index is 0.118. The summed E-state index contributed by atoms with van der Waals surface area (Å²) >= 11 is 0. The predicted octanol–water partition coefficient (Wildman–Crippen LogP) is 0.415. The van der Waals surface area contributed by atoms with Gasteiger partial charge in [0, 0.05) is 34.3 Å². The van der Waals surface area contributed by atoms with Gasteiger partial charge in [0.05, 0.1) is 5.67 Å². The maximum atomic E-state index is 11.6. The number of amides is 1. The van der Waals surface area contributed by atoms with E-state index in [1.807, 2.05) is 6.92 Å². The Kier molecular flexibility index (Phi) is 4.27. The molecule has 0 aromatic heterocycles. The molecule has 6 heteroatoms. The van der Waals surface area contributed by atoms with Crippen LogP contribution in [0.3, 0.4) is 0 Å². The van der Waals surface area contributed by atoms with Crippen molar-refractivity contribution in [3.05, 3.63) is 0 Å². The van der Waals surface area contributed by atoms with Crippen molar-refractivity contribution < 1.29 is 18.1 Å². The second-order valence-electron chi connectivity index (χ2n) is 3.58. The van der Waals surface area contributed by atoms with Crippen molar-refractivity contribution in [1.82, 2.24) is 4.90 Å². The summed E-state index contributed by atoms with van der Waals surface area (Å²) in [7, 11) is 1.97. The van der Waals surface area contributed by atoms with E-state index in [-0.39, 0.29) is 11.6 Å². The molecule has 0 spiro atoms. The zero-order valence-electron chi connectivity index (χ0n) is 9.78. The van der Waals surface area contributed by atoms with Crippen molar-refractivity contribution in [3.8, 4) is 0 Å². The van der Waals surface area contributed by atoms with Gasteiger partial charge in [-0.05, 0) is 13.3 Å². The zero-order chi connectivity index (χ0) is 11.5. The van der Waals surface area contributed by atoms with E-state index in [1.54, 1.807) is 26.2 Å². The van der Waals surface area contributed by atoms with Gasteiger partial charge in [0.15, 0.2) is 0 Å². The lowest BCUT2D eigenvalue weighted by molar-refractivity contribution is -0.129. The Labute approximate surface area is 91.7 Å². The van der Waals surface area contributed by atoms with Crippen LogP contribution in [0.1, 0.15) is 19.8 Å². The van der Waals surface area contributed by atoms with Crippen LogP contribution in [0.25, 0.3) is 0 Å². The number of hydrogen-bond donors (Lipinski definition) is 0. The number of hydrogen-bond acceptors (Lipinski definition) is 4. The monoisotopic (exact) mass is 233 g/mol. The first-order valence-corrected chi connectivity index (χ1v) is 6.86. The maximum absolute atomic E-state index is 11.6. The van der Waals surface area contributed by atoms with Crippen LogP contribution in [0.4, 0.5) is 0 Å². The van der Waals surface area contributed by atoms with Crippen molar-refractivity contribution >= 4 is 14.7 Å². The van der Waals surface area contributed by atoms with E-state index in [1.165, 1.54) is 0 Å². The Hall–Kier alpha value is -0.433. The van der Waals surface area contributed by atoms with Crippen LogP contribution in [-0.4, -0.2) is 53.2 Å². The minimum Gasteiger partial charge on any atom is -0.376 e. The number of carbonyl (C=O) groups excluding carboxylic acids is 1. The Bertz CT molecular complexity index is 224. The van der Waals surface area contributed by atoms with Crippen LogP contribution in [0.15, 0.2) is 0 Å². The molecule has 1 fully saturated rings. The molecule has 0 aromatic carbocycles. The van der Waals surface area contributed by atoms with Gasteiger partial charge < -0.3 is 18.2 Å². The van der Waals surface area contributed by atoms with E-state index < -0.39 is 8.80 Å². The van der Waals surface area contributed by atoms with Gasteiger partial charge in [-0.15, -0.1) is 0 Å². The summed E-state index contributed by atoms with van der Waals surface area (Å²) in [5, 5.41) is 0. The van der Waals surface area contributed by atoms with Crippen molar-refractivity contribution in [2.45, 2.75) is 25.4 Å². The van der Waals surface area contributed by atoms with Crippen molar-refractivity contribution in [2.75, 3.05) is 27.9 Å². The summed E-state index contributed by atoms with van der Waals surface area (Å²) in [6.07, 6.45) is 1.52. The third kappa shape index (κ3) is 2.22. The van der Waals surface area contributed by atoms with Gasteiger partial charge in [0.1, 0.15) is 0 Å². The molecule has 1 amide bonds. The molecule has 15 heavy (non-hydrogen) atoms. The molecule has 1 heterocycles. The molecule has 1 aliphatic heterocycles. The fraction of sp³-hybridized carbons (Fsp3) is 0.889. The fourth-order valence-electron chi connectivity index (χ4n) is 2.03. The van der Waals surface area contributed by atoms with Crippen LogP contribution in [0.2, 0.25) is 0 Å². The van der Waals surface area contributed by atoms with E-state index in [0.29, 0.717) is 6.42 Å². The van der Waals surface area contributed by atoms with E-state index in [2.05, 4.69) is 0 Å². The highest BCUT2D eigenvalue weighted by Gasteiger charge is 2.49. The summed E-state index contributed by atoms with van der Waals surface area (Å²) in [6, 6.07) is 0. The topological polar surface area (TPSA) is 48.0 Å². The molecule has 0 saturated carbocycles. The zero-order valence-corrected chi connectivity index (χ0v) is 10.8. The smallest absolute Gasteiger partial charge is 0.376 e. The van der Waals surface area contributed by atoms with Crippen molar-refractivity contribution in [2.24, 2.45) is 0 Å². The Morgan fingerprint density at radius 2 is 1.80 bits per heavy atom. The summed E-state index contributed by atoms with van der Waals surface area (Å²) in [5.41, 5.74) is -0.118. The molecule has 1 saturated heterocycles. The lowest BCUT2D eigenvalue weighted by atomic mass is 10.4. The molecular weight excluding hydrogens is 214 g/mol. The lowest BCUT2D eigenvalue weighted by Gasteiger charge is -2.35. The molecule has 0 bridgehead atoms. The van der Waals surface area contributed by atoms with Crippen LogP contribution in [-0.2, 0) is 18.1 Å². The number of carbonyl (C=O) groups is 1. The van der Waals surface area contributed by atoms with Crippen molar-refractivity contribution in [1.29, 1.82) is 0 Å². The van der Waals surface area contributed by atoms with E-state index in [9.17, 15) is 4.79 Å². The first-order valence-electron chi connectivity index (χ1n) is 5.06. The van der Waals surface area contributed by atoms with Gasteiger partial charge in [0.2, 0.25) is 5.91 Å². The molecule has 1 atom stereocenters. The SMILES string of the molecule is CO[Si](OC)(OC)C(C)N1CCCC1=O. The standard InChI is InChI=1S/C9H19NO4Si/c1-8(10-7-5-6-9(10)11)15(12-2,13-3)14-4/h8H,5-7H2,1-4H3. The molecule has 1 unspecified atom stereocenters. The largest absolute Gasteiger partial charge is 0.523 e. The van der Waals surface area contributed by atoms with Crippen LogP contribution >= 0.6 is 0 Å². The van der Waals surface area contributed by atoms with E-state index in [0.717, 1.165) is 13.0 Å². The van der Waals surface area contributed by atoms with E-state index >= 15 is 0 Å². The quantitative estimate of drug-likeness (QED) is 0.646. The second-order valence-corrected chi connectivity index (χ2v) is 6.85. The van der Waals surface area contributed by atoms with Crippen molar-refractivity contribution in [3.63, 3.8) is 0 Å². The number of rotatable bonds is 5. The molecule has 1 rings (SSSR count). The first kappa shape index (κ1) is 12.6. The van der Waals surface area contributed by atoms with Gasteiger partial charge in [-0.3, -0.25) is 4.79 Å². The third-order valence-electron chi connectivity index (χ3n) is 2.94. The normalized spacial score (nSPS) is 19.7. The number of nitrogens with zero attached hydrogens (tertiary/aromatic N) is 1. The fourth-order valence-corrected chi connectivity index (χ4v) is 4.21. The molecule has 5 nitrogen and oxygen atoms in total. The lowest BCUT2D eigenvalue weighted by Crippen LogP contribution is -2.60. The Morgan fingerprint density at radius 3 is 2.13 bits per heavy atom. The van der Waals surface area contributed by atoms with Crippen LogP contribution in [0.5, 0.6) is 0 Å². The third-order valence-corrected chi connectivity index (χ3v) is 5.98. The highest BCUT2D eigenvalue weighted by Crippen LogP contribution is 2.22. The summed E-state index contributed by atoms with van der Waals surface area (Å²) in [6.45, 7) is 2.69. The summed E-state index contributed by atoms with van der Waals surface area (Å²) in [5.74, 6) is 0.158. The average Bonchev–Trinajstić information content (AvgIpc) is 2.67. The Balaban J connectivity index is 2.79. The van der Waals surface area contributed by atoms with E-state index in [4.69, 9.17) is 13.3 Å². The molecule has 0 aromatic rings. The van der Waals surface area contributed by atoms with Gasteiger partial charge in [-0.1, -0.05) is 0 Å². The van der Waals surface area contributed by atoms with Gasteiger partial charge >= 0.3 is 8.80 Å². The predicted molar refractivity (Wildman–Crippen MR) is 57.2 cm³/mol. The first-order chi connectivity index (χ1) is 7.11. The highest BCUT2D eigenvalue weighted by molar-refractivity contribution is 6.62. The summed E-state index contributed by atoms with van der Waals surface area (Å²) < 4.78 is 16.1. The van der Waals surface area contributed by atoms with Crippen LogP contribution < -0.4 is 0 Å². The number of likely N-dealkylation sites (tertiary alicyclic amines) is 1. The molecule has 0 N–H and O–H groups in total. The minimum atomic E-state index is -2.72. The Morgan fingerprint density at radius 1 is 1.27 bits per heavy atom. The molecule has 0 aliphatic carbocycles. The average molecular weight is 233 g/mol. The maximum Gasteiger partial charge on any atom is 0.523 e. The summed E-state index contributed by atoms with van der Waals surface area (Å²) in [4.78, 5) is 13.4. The van der Waals surface area contributed by atoms with Crippen LogP contribution in [0, 0.1) is 0 Å². The molecule has 1 aliphatic rings. The molecule has 0 radical (unpaired) electrons. The van der Waals surface area contributed by atoms with Gasteiger partial charge in [-0.25, -0.2) is 0 Å². The van der Waals surface area contributed by atoms with Gasteiger partial charge in [0.25, 0.3) is 0 Å². The molecular formula is C9H19NO4Si. The molecule has 88 valence electrons. The highest BCUT2D eigenvalue weighted by atomic mass is 28.4. The second kappa shape index (κ2) is 5.07. The van der Waals surface area contributed by atoms with Gasteiger partial charge in [-0.2, -0.15) is 0 Å².